The summed E-state index contributed by atoms with van der Waals surface area (Å²) in [5.41, 5.74) is 5.61. The first-order chi connectivity index (χ1) is 11.1. The number of nitrogens with one attached hydrogen (secondary N) is 2. The summed E-state index contributed by atoms with van der Waals surface area (Å²) >= 11 is 3.86. The van der Waals surface area contributed by atoms with Crippen LogP contribution in [0.3, 0.4) is 0 Å². The van der Waals surface area contributed by atoms with Gasteiger partial charge in [-0.2, -0.15) is 12.6 Å². The van der Waals surface area contributed by atoms with Crippen LogP contribution in [-0.4, -0.2) is 57.8 Å². The van der Waals surface area contributed by atoms with Gasteiger partial charge in [0.05, 0.1) is 6.04 Å². The van der Waals surface area contributed by atoms with E-state index >= 15 is 0 Å². The lowest BCUT2D eigenvalue weighted by atomic mass is 10.0. The molecule has 0 saturated carbocycles. The number of carbonyl (C=O) groups is 4. The fourth-order valence-corrected chi connectivity index (χ4v) is 2.10. The summed E-state index contributed by atoms with van der Waals surface area (Å²) in [5, 5.41) is 22.3. The van der Waals surface area contributed by atoms with Gasteiger partial charge < -0.3 is 26.6 Å². The fourth-order valence-electron chi connectivity index (χ4n) is 1.85. The molecule has 0 radical (unpaired) electrons. The van der Waals surface area contributed by atoms with Crippen LogP contribution in [0.15, 0.2) is 0 Å². The van der Waals surface area contributed by atoms with E-state index in [0.29, 0.717) is 0 Å². The molecule has 10 heteroatoms. The number of thiol groups is 1. The monoisotopic (exact) mass is 363 g/mol. The van der Waals surface area contributed by atoms with E-state index in [0.717, 1.165) is 0 Å². The first kappa shape index (κ1) is 22.2. The Hall–Kier alpha value is -1.81. The van der Waals surface area contributed by atoms with Gasteiger partial charge in [0, 0.05) is 12.2 Å². The number of carbonyl (C=O) groups excluding carboxylic acids is 2. The minimum Gasteiger partial charge on any atom is -0.481 e. The molecule has 2 amide bonds. The topological polar surface area (TPSA) is 159 Å². The molecule has 0 rings (SSSR count). The predicted octanol–water partition coefficient (Wildman–Crippen LogP) is -0.791. The third kappa shape index (κ3) is 8.73. The molecule has 0 heterocycles. The maximum atomic E-state index is 12.2. The molecule has 0 aromatic rings. The second-order valence-corrected chi connectivity index (χ2v) is 6.18. The van der Waals surface area contributed by atoms with Crippen molar-refractivity contribution in [1.29, 1.82) is 0 Å². The lowest BCUT2D eigenvalue weighted by Gasteiger charge is -2.23. The number of nitrogens with two attached hydrogens (primary N) is 1. The second-order valence-electron chi connectivity index (χ2n) is 5.81. The average Bonchev–Trinajstić information content (AvgIpc) is 2.48. The van der Waals surface area contributed by atoms with Crippen LogP contribution in [0.1, 0.15) is 33.1 Å². The van der Waals surface area contributed by atoms with Crippen LogP contribution in [-0.2, 0) is 19.2 Å². The maximum Gasteiger partial charge on any atom is 0.327 e. The quantitative estimate of drug-likeness (QED) is 0.262. The van der Waals surface area contributed by atoms with Crippen LogP contribution in [0.2, 0.25) is 0 Å². The van der Waals surface area contributed by atoms with E-state index in [1.807, 2.05) is 13.8 Å². The van der Waals surface area contributed by atoms with Crippen molar-refractivity contribution in [2.24, 2.45) is 11.7 Å². The molecular weight excluding hydrogens is 338 g/mol. The van der Waals surface area contributed by atoms with Gasteiger partial charge >= 0.3 is 11.9 Å². The van der Waals surface area contributed by atoms with Crippen molar-refractivity contribution < 1.29 is 29.4 Å². The first-order valence-electron chi connectivity index (χ1n) is 7.50. The zero-order chi connectivity index (χ0) is 18.9. The van der Waals surface area contributed by atoms with Crippen molar-refractivity contribution in [1.82, 2.24) is 10.6 Å². The van der Waals surface area contributed by atoms with E-state index in [9.17, 15) is 19.2 Å². The van der Waals surface area contributed by atoms with E-state index in [1.165, 1.54) is 0 Å². The summed E-state index contributed by atoms with van der Waals surface area (Å²) < 4.78 is 0. The van der Waals surface area contributed by atoms with Gasteiger partial charge in [-0.3, -0.25) is 14.4 Å². The third-order valence-electron chi connectivity index (χ3n) is 3.14. The molecule has 3 unspecified atom stereocenters. The van der Waals surface area contributed by atoms with Crippen molar-refractivity contribution in [3.8, 4) is 0 Å². The highest BCUT2D eigenvalue weighted by Crippen LogP contribution is 2.07. The first-order valence-corrected chi connectivity index (χ1v) is 8.13. The van der Waals surface area contributed by atoms with Crippen LogP contribution in [0.25, 0.3) is 0 Å². The number of rotatable bonds is 11. The zero-order valence-corrected chi connectivity index (χ0v) is 14.6. The van der Waals surface area contributed by atoms with Gasteiger partial charge in [0.2, 0.25) is 11.8 Å². The molecule has 0 aromatic carbocycles. The number of hydrogen-bond acceptors (Lipinski definition) is 6. The minimum atomic E-state index is -1.23. The Bertz CT molecular complexity index is 471. The molecule has 0 aliphatic heterocycles. The van der Waals surface area contributed by atoms with Crippen molar-refractivity contribution in [2.75, 3.05) is 5.75 Å². The largest absolute Gasteiger partial charge is 0.481 e. The Kier molecular flexibility index (Phi) is 10.0. The Morgan fingerprint density at radius 1 is 1.04 bits per heavy atom. The van der Waals surface area contributed by atoms with Gasteiger partial charge in [-0.15, -0.1) is 0 Å². The second kappa shape index (κ2) is 10.9. The molecule has 24 heavy (non-hydrogen) atoms. The summed E-state index contributed by atoms with van der Waals surface area (Å²) in [4.78, 5) is 45.7. The van der Waals surface area contributed by atoms with Crippen LogP contribution >= 0.6 is 12.6 Å². The van der Waals surface area contributed by atoms with Crippen molar-refractivity contribution in [3.05, 3.63) is 0 Å². The summed E-state index contributed by atoms with van der Waals surface area (Å²) in [6.45, 7) is 3.67. The molecule has 0 saturated heterocycles. The van der Waals surface area contributed by atoms with Gasteiger partial charge in [0.1, 0.15) is 12.1 Å². The van der Waals surface area contributed by atoms with Crippen LogP contribution in [0, 0.1) is 5.92 Å². The molecule has 0 aliphatic carbocycles. The molecule has 0 fully saturated rings. The number of carboxylic acids is 2. The van der Waals surface area contributed by atoms with Gasteiger partial charge in [-0.25, -0.2) is 4.79 Å². The molecule has 3 atom stereocenters. The lowest BCUT2D eigenvalue weighted by Crippen LogP contribution is -2.55. The zero-order valence-electron chi connectivity index (χ0n) is 13.7. The molecule has 6 N–H and O–H groups in total. The molecule has 0 spiro atoms. The van der Waals surface area contributed by atoms with E-state index in [1.54, 1.807) is 0 Å². The minimum absolute atomic E-state index is 0.0515. The Morgan fingerprint density at radius 2 is 1.58 bits per heavy atom. The predicted molar refractivity (Wildman–Crippen MR) is 89.7 cm³/mol. The van der Waals surface area contributed by atoms with E-state index < -0.39 is 41.9 Å². The van der Waals surface area contributed by atoms with Gasteiger partial charge in [-0.1, -0.05) is 13.8 Å². The van der Waals surface area contributed by atoms with E-state index in [-0.39, 0.29) is 30.9 Å². The molecule has 9 nitrogen and oxygen atoms in total. The SMILES string of the molecule is CC(C)CC(NC(=O)C(N)CCC(=O)O)C(=O)NC(CS)C(=O)O. The molecule has 0 bridgehead atoms. The van der Waals surface area contributed by atoms with Gasteiger partial charge in [0.25, 0.3) is 0 Å². The Morgan fingerprint density at radius 3 is 2.00 bits per heavy atom. The van der Waals surface area contributed by atoms with E-state index in [4.69, 9.17) is 15.9 Å². The number of hydrogen-bond donors (Lipinski definition) is 6. The Labute approximate surface area is 145 Å². The standard InChI is InChI=1S/C14H25N3O6S/c1-7(2)5-9(13(21)17-10(6-24)14(22)23)16-12(20)8(15)3-4-11(18)19/h7-10,24H,3-6,15H2,1-2H3,(H,16,20)(H,17,21)(H,18,19)(H,22,23). The number of aliphatic carboxylic acids is 2. The average molecular weight is 363 g/mol. The fraction of sp³-hybridized carbons (Fsp3) is 0.714. The highest BCUT2D eigenvalue weighted by atomic mass is 32.1. The molecule has 138 valence electrons. The van der Waals surface area contributed by atoms with E-state index in [2.05, 4.69) is 23.3 Å². The summed E-state index contributed by atoms with van der Waals surface area (Å²) in [6.07, 6.45) is -0.0515. The number of carboxylic acid groups (broad SMARTS) is 2. The van der Waals surface area contributed by atoms with Gasteiger partial charge in [0.15, 0.2) is 0 Å². The maximum absolute atomic E-state index is 12.2. The highest BCUT2D eigenvalue weighted by Gasteiger charge is 2.28. The summed E-state index contributed by atoms with van der Waals surface area (Å²) in [6, 6.07) is -3.20. The van der Waals surface area contributed by atoms with Crippen LogP contribution < -0.4 is 16.4 Å². The normalized spacial score (nSPS) is 14.5. The van der Waals surface area contributed by atoms with Crippen molar-refractivity contribution >= 4 is 36.4 Å². The van der Waals surface area contributed by atoms with Crippen molar-refractivity contribution in [2.45, 2.75) is 51.2 Å². The number of amides is 2. The molecule has 0 aliphatic rings. The van der Waals surface area contributed by atoms with Crippen LogP contribution in [0.4, 0.5) is 0 Å². The lowest BCUT2D eigenvalue weighted by molar-refractivity contribution is -0.141. The molecular formula is C14H25N3O6S. The highest BCUT2D eigenvalue weighted by molar-refractivity contribution is 7.80. The third-order valence-corrected chi connectivity index (χ3v) is 3.51. The summed E-state index contributed by atoms with van der Waals surface area (Å²) in [5.74, 6) is -3.66. The molecule has 0 aromatic heterocycles. The van der Waals surface area contributed by atoms with Gasteiger partial charge in [-0.05, 0) is 18.8 Å². The van der Waals surface area contributed by atoms with Crippen molar-refractivity contribution in [3.63, 3.8) is 0 Å². The Balaban J connectivity index is 4.86. The smallest absolute Gasteiger partial charge is 0.327 e. The summed E-state index contributed by atoms with van der Waals surface area (Å²) in [7, 11) is 0. The van der Waals surface area contributed by atoms with Crippen LogP contribution in [0.5, 0.6) is 0 Å².